The van der Waals surface area contributed by atoms with Crippen LogP contribution in [0.3, 0.4) is 0 Å². The molecule has 1 N–H and O–H groups in total. The Bertz CT molecular complexity index is 442. The summed E-state index contributed by atoms with van der Waals surface area (Å²) < 4.78 is 13.8. The lowest BCUT2D eigenvalue weighted by atomic mass is 9.95. The number of hydrogen-bond acceptors (Lipinski definition) is 2. The van der Waals surface area contributed by atoms with Gasteiger partial charge in [-0.25, -0.2) is 4.39 Å². The Morgan fingerprint density at radius 1 is 1.29 bits per heavy atom. The van der Waals surface area contributed by atoms with E-state index in [9.17, 15) is 4.39 Å². The molecule has 0 atom stereocenters. The number of likely N-dealkylation sites (tertiary alicyclic amines) is 1. The van der Waals surface area contributed by atoms with Crippen molar-refractivity contribution in [1.82, 2.24) is 10.2 Å². The van der Waals surface area contributed by atoms with E-state index in [-0.39, 0.29) is 11.4 Å². The average Bonchev–Trinajstić information content (AvgIpc) is 2.41. The van der Waals surface area contributed by atoms with Crippen molar-refractivity contribution in [2.45, 2.75) is 45.7 Å². The maximum Gasteiger partial charge on any atom is 0.129 e. The summed E-state index contributed by atoms with van der Waals surface area (Å²) in [5.74, 6) is 0.524. The minimum absolute atomic E-state index is 0.178. The van der Waals surface area contributed by atoms with Crippen LogP contribution in [-0.4, -0.2) is 30.1 Å². The number of nitrogens with one attached hydrogen (secondary N) is 1. The molecule has 0 amide bonds. The first-order valence-electron chi connectivity index (χ1n) is 7.75. The van der Waals surface area contributed by atoms with Crippen LogP contribution in [-0.2, 0) is 6.54 Å². The van der Waals surface area contributed by atoms with Gasteiger partial charge in [-0.05, 0) is 71.3 Å². The van der Waals surface area contributed by atoms with E-state index < -0.39 is 0 Å². The Morgan fingerprint density at radius 3 is 2.52 bits per heavy atom. The molecule has 0 spiro atoms. The molecule has 0 aromatic heterocycles. The predicted octanol–water partition coefficient (Wildman–Crippen LogP) is 4.08. The van der Waals surface area contributed by atoms with Gasteiger partial charge in [0, 0.05) is 22.7 Å². The SMILES string of the molecule is CC(C)(C)NCC1CCN(Cc2c(F)cccc2Cl)CC1. The van der Waals surface area contributed by atoms with Crippen LogP contribution >= 0.6 is 11.6 Å². The van der Waals surface area contributed by atoms with Gasteiger partial charge >= 0.3 is 0 Å². The summed E-state index contributed by atoms with van der Waals surface area (Å²) in [4.78, 5) is 2.30. The van der Waals surface area contributed by atoms with Crippen LogP contribution in [0.15, 0.2) is 18.2 Å². The van der Waals surface area contributed by atoms with Gasteiger partial charge in [0.2, 0.25) is 0 Å². The molecule has 1 aliphatic rings. The summed E-state index contributed by atoms with van der Waals surface area (Å²) in [6, 6.07) is 4.91. The summed E-state index contributed by atoms with van der Waals surface area (Å²) >= 11 is 6.10. The maximum absolute atomic E-state index is 13.8. The summed E-state index contributed by atoms with van der Waals surface area (Å²) in [6.07, 6.45) is 2.32. The van der Waals surface area contributed by atoms with Crippen molar-refractivity contribution in [3.05, 3.63) is 34.6 Å². The quantitative estimate of drug-likeness (QED) is 0.901. The molecule has 0 bridgehead atoms. The standard InChI is InChI=1S/C17H26ClFN2/c1-17(2,3)20-11-13-7-9-21(10-8-13)12-14-15(18)5-4-6-16(14)19/h4-6,13,20H,7-12H2,1-3H3. The first-order valence-corrected chi connectivity index (χ1v) is 8.13. The molecule has 0 radical (unpaired) electrons. The van der Waals surface area contributed by atoms with Crippen LogP contribution in [0.4, 0.5) is 4.39 Å². The molecule has 4 heteroatoms. The molecule has 0 aliphatic carbocycles. The Kier molecular flexibility index (Phi) is 5.64. The van der Waals surface area contributed by atoms with Crippen molar-refractivity contribution < 1.29 is 4.39 Å². The van der Waals surface area contributed by atoms with Crippen molar-refractivity contribution in [3.8, 4) is 0 Å². The summed E-state index contributed by atoms with van der Waals surface area (Å²) in [7, 11) is 0. The molecule has 1 aromatic rings. The highest BCUT2D eigenvalue weighted by atomic mass is 35.5. The molecule has 21 heavy (non-hydrogen) atoms. The van der Waals surface area contributed by atoms with Gasteiger partial charge in [-0.2, -0.15) is 0 Å². The van der Waals surface area contributed by atoms with E-state index in [0.717, 1.165) is 38.4 Å². The van der Waals surface area contributed by atoms with E-state index in [1.807, 2.05) is 0 Å². The number of piperidine rings is 1. The molecular formula is C17H26ClFN2. The number of rotatable bonds is 4. The zero-order valence-electron chi connectivity index (χ0n) is 13.3. The lowest BCUT2D eigenvalue weighted by Gasteiger charge is -2.34. The number of hydrogen-bond donors (Lipinski definition) is 1. The third-order valence-corrected chi connectivity index (χ3v) is 4.43. The molecule has 1 heterocycles. The van der Waals surface area contributed by atoms with E-state index in [2.05, 4.69) is 31.0 Å². The number of benzene rings is 1. The lowest BCUT2D eigenvalue weighted by molar-refractivity contribution is 0.168. The summed E-state index contributed by atoms with van der Waals surface area (Å²) in [5, 5.41) is 4.11. The second kappa shape index (κ2) is 7.08. The van der Waals surface area contributed by atoms with E-state index in [4.69, 9.17) is 11.6 Å². The minimum atomic E-state index is -0.195. The molecular weight excluding hydrogens is 287 g/mol. The second-order valence-electron chi connectivity index (χ2n) is 7.05. The lowest BCUT2D eigenvalue weighted by Crippen LogP contribution is -2.42. The van der Waals surface area contributed by atoms with Gasteiger partial charge in [-0.1, -0.05) is 17.7 Å². The molecule has 1 aliphatic heterocycles. The zero-order chi connectivity index (χ0) is 15.5. The first-order chi connectivity index (χ1) is 9.85. The molecule has 0 unspecified atom stereocenters. The Labute approximate surface area is 132 Å². The van der Waals surface area contributed by atoms with Crippen LogP contribution in [0.2, 0.25) is 5.02 Å². The third kappa shape index (κ3) is 5.24. The first kappa shape index (κ1) is 16.7. The van der Waals surface area contributed by atoms with Crippen LogP contribution in [0.5, 0.6) is 0 Å². The summed E-state index contributed by atoms with van der Waals surface area (Å²) in [5.41, 5.74) is 0.808. The van der Waals surface area contributed by atoms with E-state index in [1.165, 1.54) is 6.07 Å². The van der Waals surface area contributed by atoms with Gasteiger partial charge < -0.3 is 5.32 Å². The van der Waals surface area contributed by atoms with Crippen LogP contribution in [0, 0.1) is 11.7 Å². The highest BCUT2D eigenvalue weighted by Crippen LogP contribution is 2.24. The van der Waals surface area contributed by atoms with Gasteiger partial charge in [0.15, 0.2) is 0 Å². The molecule has 1 saturated heterocycles. The largest absolute Gasteiger partial charge is 0.312 e. The van der Waals surface area contributed by atoms with Crippen LogP contribution < -0.4 is 5.32 Å². The molecule has 1 fully saturated rings. The Morgan fingerprint density at radius 2 is 1.95 bits per heavy atom. The van der Waals surface area contributed by atoms with E-state index in [0.29, 0.717) is 17.1 Å². The van der Waals surface area contributed by atoms with Crippen molar-refractivity contribution >= 4 is 11.6 Å². The highest BCUT2D eigenvalue weighted by Gasteiger charge is 2.22. The summed E-state index contributed by atoms with van der Waals surface area (Å²) in [6.45, 7) is 10.3. The van der Waals surface area contributed by atoms with Crippen molar-refractivity contribution in [2.24, 2.45) is 5.92 Å². The monoisotopic (exact) mass is 312 g/mol. The minimum Gasteiger partial charge on any atom is -0.312 e. The molecule has 2 rings (SSSR count). The fourth-order valence-corrected chi connectivity index (χ4v) is 2.93. The predicted molar refractivity (Wildman–Crippen MR) is 87.2 cm³/mol. The van der Waals surface area contributed by atoms with Crippen molar-refractivity contribution in [1.29, 1.82) is 0 Å². The zero-order valence-corrected chi connectivity index (χ0v) is 14.0. The molecule has 118 valence electrons. The van der Waals surface area contributed by atoms with E-state index >= 15 is 0 Å². The Balaban J connectivity index is 1.82. The average molecular weight is 313 g/mol. The number of halogens is 2. The van der Waals surface area contributed by atoms with Gasteiger partial charge in [0.05, 0.1) is 0 Å². The third-order valence-electron chi connectivity index (χ3n) is 4.07. The number of nitrogens with zero attached hydrogens (tertiary/aromatic N) is 1. The molecule has 0 saturated carbocycles. The van der Waals surface area contributed by atoms with E-state index in [1.54, 1.807) is 12.1 Å². The van der Waals surface area contributed by atoms with Gasteiger partial charge in [0.1, 0.15) is 5.82 Å². The van der Waals surface area contributed by atoms with Crippen molar-refractivity contribution in [2.75, 3.05) is 19.6 Å². The van der Waals surface area contributed by atoms with Crippen LogP contribution in [0.1, 0.15) is 39.2 Å². The smallest absolute Gasteiger partial charge is 0.129 e. The maximum atomic E-state index is 13.8. The fraction of sp³-hybridized carbons (Fsp3) is 0.647. The van der Waals surface area contributed by atoms with Gasteiger partial charge in [0.25, 0.3) is 0 Å². The van der Waals surface area contributed by atoms with Crippen molar-refractivity contribution in [3.63, 3.8) is 0 Å². The fourth-order valence-electron chi connectivity index (χ4n) is 2.71. The van der Waals surface area contributed by atoms with Crippen LogP contribution in [0.25, 0.3) is 0 Å². The Hall–Kier alpha value is -0.640. The molecule has 2 nitrogen and oxygen atoms in total. The topological polar surface area (TPSA) is 15.3 Å². The molecule has 1 aromatic carbocycles. The normalized spacial score (nSPS) is 18.1. The second-order valence-corrected chi connectivity index (χ2v) is 7.46. The van der Waals surface area contributed by atoms with Gasteiger partial charge in [-0.3, -0.25) is 4.90 Å². The highest BCUT2D eigenvalue weighted by molar-refractivity contribution is 6.31. The van der Waals surface area contributed by atoms with Gasteiger partial charge in [-0.15, -0.1) is 0 Å².